The van der Waals surface area contributed by atoms with Crippen molar-refractivity contribution in [3.05, 3.63) is 33.8 Å². The average molecular weight is 306 g/mol. The lowest BCUT2D eigenvalue weighted by Gasteiger charge is -2.29. The molecular formula is C13H17Cl2NO3. The van der Waals surface area contributed by atoms with E-state index in [1.165, 1.54) is 19.2 Å². The number of carbonyl (C=O) groups is 1. The molecule has 0 heterocycles. The van der Waals surface area contributed by atoms with Crippen LogP contribution >= 0.6 is 23.2 Å². The maximum Gasteiger partial charge on any atom is 0.251 e. The maximum atomic E-state index is 12.1. The molecule has 0 fully saturated rings. The summed E-state index contributed by atoms with van der Waals surface area (Å²) in [5, 5.41) is 12.7. The van der Waals surface area contributed by atoms with Gasteiger partial charge in [-0.05, 0) is 31.5 Å². The smallest absolute Gasteiger partial charge is 0.251 e. The molecule has 1 rings (SSSR count). The van der Waals surface area contributed by atoms with Crippen molar-refractivity contribution in [2.75, 3.05) is 20.3 Å². The minimum atomic E-state index is -0.643. The van der Waals surface area contributed by atoms with E-state index in [0.717, 1.165) is 0 Å². The molecule has 0 aliphatic rings. The standard InChI is InChI=1S/C13H17Cl2NO3/c1-13(3-4-17,8-19-2)16-12(18)9-5-10(14)7-11(15)6-9/h5-7,17H,3-4,8H2,1-2H3,(H,16,18). The summed E-state index contributed by atoms with van der Waals surface area (Å²) in [6.45, 7) is 2.06. The van der Waals surface area contributed by atoms with Gasteiger partial charge >= 0.3 is 0 Å². The number of aliphatic hydroxyl groups is 1. The molecule has 0 aromatic heterocycles. The topological polar surface area (TPSA) is 58.6 Å². The number of rotatable bonds is 6. The fraction of sp³-hybridized carbons (Fsp3) is 0.462. The fourth-order valence-corrected chi connectivity index (χ4v) is 2.29. The Kier molecular flexibility index (Phi) is 6.07. The lowest BCUT2D eigenvalue weighted by atomic mass is 9.98. The van der Waals surface area contributed by atoms with Gasteiger partial charge in [0, 0.05) is 29.3 Å². The first-order chi connectivity index (χ1) is 8.90. The van der Waals surface area contributed by atoms with Gasteiger partial charge in [-0.3, -0.25) is 4.79 Å². The highest BCUT2D eigenvalue weighted by atomic mass is 35.5. The number of hydrogen-bond acceptors (Lipinski definition) is 3. The van der Waals surface area contributed by atoms with E-state index in [-0.39, 0.29) is 12.5 Å². The third-order valence-electron chi connectivity index (χ3n) is 2.67. The van der Waals surface area contributed by atoms with Crippen molar-refractivity contribution in [1.82, 2.24) is 5.32 Å². The van der Waals surface area contributed by atoms with Gasteiger partial charge in [0.2, 0.25) is 0 Å². The van der Waals surface area contributed by atoms with E-state index in [1.807, 2.05) is 0 Å². The Bertz CT molecular complexity index is 425. The zero-order valence-corrected chi connectivity index (χ0v) is 12.4. The third kappa shape index (κ3) is 4.99. The summed E-state index contributed by atoms with van der Waals surface area (Å²) in [4.78, 5) is 12.1. The lowest BCUT2D eigenvalue weighted by molar-refractivity contribution is 0.0725. The quantitative estimate of drug-likeness (QED) is 0.849. The van der Waals surface area contributed by atoms with Gasteiger partial charge in [-0.1, -0.05) is 23.2 Å². The second-order valence-electron chi connectivity index (χ2n) is 4.58. The Hall–Kier alpha value is -0.810. The van der Waals surface area contributed by atoms with Gasteiger partial charge < -0.3 is 15.2 Å². The summed E-state index contributed by atoms with van der Waals surface area (Å²) in [5.41, 5.74) is -0.271. The molecular weight excluding hydrogens is 289 g/mol. The van der Waals surface area contributed by atoms with Crippen molar-refractivity contribution >= 4 is 29.1 Å². The van der Waals surface area contributed by atoms with Crippen molar-refractivity contribution in [3.8, 4) is 0 Å². The molecule has 4 nitrogen and oxygen atoms in total. The molecule has 106 valence electrons. The predicted octanol–water partition coefficient (Wildman–Crippen LogP) is 2.51. The van der Waals surface area contributed by atoms with Crippen LogP contribution in [0.25, 0.3) is 0 Å². The number of methoxy groups -OCH3 is 1. The second-order valence-corrected chi connectivity index (χ2v) is 5.45. The summed E-state index contributed by atoms with van der Waals surface area (Å²) >= 11 is 11.7. The lowest BCUT2D eigenvalue weighted by Crippen LogP contribution is -2.50. The Labute approximate surface area is 122 Å². The molecule has 0 spiro atoms. The molecule has 1 atom stereocenters. The molecule has 2 N–H and O–H groups in total. The number of hydrogen-bond donors (Lipinski definition) is 2. The summed E-state index contributed by atoms with van der Waals surface area (Å²) in [6, 6.07) is 4.63. The molecule has 0 saturated carbocycles. The largest absolute Gasteiger partial charge is 0.396 e. The van der Waals surface area contributed by atoms with Crippen molar-refractivity contribution in [2.45, 2.75) is 18.9 Å². The van der Waals surface area contributed by atoms with Crippen LogP contribution < -0.4 is 5.32 Å². The van der Waals surface area contributed by atoms with Gasteiger partial charge in [0.25, 0.3) is 5.91 Å². The Morgan fingerprint density at radius 2 is 1.95 bits per heavy atom. The first-order valence-corrected chi connectivity index (χ1v) is 6.54. The van der Waals surface area contributed by atoms with Crippen LogP contribution in [0.2, 0.25) is 10.0 Å². The number of aliphatic hydroxyl groups excluding tert-OH is 1. The summed E-state index contributed by atoms with van der Waals surface area (Å²) in [5.74, 6) is -0.308. The van der Waals surface area contributed by atoms with Crippen molar-refractivity contribution < 1.29 is 14.6 Å². The van der Waals surface area contributed by atoms with E-state index < -0.39 is 5.54 Å². The SMILES string of the molecule is COCC(C)(CCO)NC(=O)c1cc(Cl)cc(Cl)c1. The Balaban J connectivity index is 2.87. The van der Waals surface area contributed by atoms with Crippen LogP contribution in [0.3, 0.4) is 0 Å². The molecule has 19 heavy (non-hydrogen) atoms. The number of benzene rings is 1. The molecule has 1 unspecified atom stereocenters. The van der Waals surface area contributed by atoms with E-state index in [1.54, 1.807) is 13.0 Å². The van der Waals surface area contributed by atoms with Crippen LogP contribution in [-0.4, -0.2) is 36.9 Å². The molecule has 0 aliphatic carbocycles. The van der Waals surface area contributed by atoms with Gasteiger partial charge in [-0.15, -0.1) is 0 Å². The predicted molar refractivity (Wildman–Crippen MR) is 75.9 cm³/mol. The molecule has 1 amide bonds. The van der Waals surface area contributed by atoms with Gasteiger partial charge in [0.15, 0.2) is 0 Å². The van der Waals surface area contributed by atoms with Gasteiger partial charge in [0.05, 0.1) is 12.1 Å². The minimum absolute atomic E-state index is 0.0452. The molecule has 6 heteroatoms. The van der Waals surface area contributed by atoms with Crippen molar-refractivity contribution in [1.29, 1.82) is 0 Å². The molecule has 0 bridgehead atoms. The van der Waals surface area contributed by atoms with E-state index >= 15 is 0 Å². The first kappa shape index (κ1) is 16.2. The second kappa shape index (κ2) is 7.10. The van der Waals surface area contributed by atoms with Crippen molar-refractivity contribution in [2.24, 2.45) is 0 Å². The molecule has 0 aliphatic heterocycles. The first-order valence-electron chi connectivity index (χ1n) is 5.78. The number of amides is 1. The van der Waals surface area contributed by atoms with Crippen LogP contribution in [0.4, 0.5) is 0 Å². The normalized spacial score (nSPS) is 13.9. The van der Waals surface area contributed by atoms with Crippen LogP contribution in [0.1, 0.15) is 23.7 Å². The third-order valence-corrected chi connectivity index (χ3v) is 3.10. The van der Waals surface area contributed by atoms with E-state index in [0.29, 0.717) is 28.6 Å². The number of ether oxygens (including phenoxy) is 1. The monoisotopic (exact) mass is 305 g/mol. The van der Waals surface area contributed by atoms with Gasteiger partial charge in [-0.25, -0.2) is 0 Å². The zero-order valence-electron chi connectivity index (χ0n) is 10.9. The minimum Gasteiger partial charge on any atom is -0.396 e. The van der Waals surface area contributed by atoms with Crippen molar-refractivity contribution in [3.63, 3.8) is 0 Å². The van der Waals surface area contributed by atoms with E-state index in [2.05, 4.69) is 5.32 Å². The Morgan fingerprint density at radius 1 is 1.37 bits per heavy atom. The molecule has 1 aromatic rings. The molecule has 1 aromatic carbocycles. The van der Waals surface area contributed by atoms with Crippen LogP contribution in [0.15, 0.2) is 18.2 Å². The summed E-state index contributed by atoms with van der Waals surface area (Å²) < 4.78 is 5.07. The zero-order chi connectivity index (χ0) is 14.5. The molecule has 0 saturated heterocycles. The fourth-order valence-electron chi connectivity index (χ4n) is 1.77. The highest BCUT2D eigenvalue weighted by Crippen LogP contribution is 2.20. The Morgan fingerprint density at radius 3 is 2.42 bits per heavy atom. The maximum absolute atomic E-state index is 12.1. The molecule has 0 radical (unpaired) electrons. The highest BCUT2D eigenvalue weighted by Gasteiger charge is 2.26. The van der Waals surface area contributed by atoms with Crippen LogP contribution in [0.5, 0.6) is 0 Å². The van der Waals surface area contributed by atoms with Gasteiger partial charge in [0.1, 0.15) is 0 Å². The highest BCUT2D eigenvalue weighted by molar-refractivity contribution is 6.35. The van der Waals surface area contributed by atoms with Crippen LogP contribution in [-0.2, 0) is 4.74 Å². The van der Waals surface area contributed by atoms with Gasteiger partial charge in [-0.2, -0.15) is 0 Å². The summed E-state index contributed by atoms with van der Waals surface area (Å²) in [6.07, 6.45) is 0.390. The average Bonchev–Trinajstić information content (AvgIpc) is 2.27. The number of nitrogens with one attached hydrogen (secondary N) is 1. The van der Waals surface area contributed by atoms with E-state index in [9.17, 15) is 4.79 Å². The number of halogens is 2. The van der Waals surface area contributed by atoms with E-state index in [4.69, 9.17) is 33.0 Å². The summed E-state index contributed by atoms with van der Waals surface area (Å²) in [7, 11) is 1.54. The number of carbonyl (C=O) groups excluding carboxylic acids is 1. The van der Waals surface area contributed by atoms with Crippen LogP contribution in [0, 0.1) is 0 Å².